The highest BCUT2D eigenvalue weighted by Gasteiger charge is 2.01. The number of unbranched alkanes of at least 4 members (excludes halogenated alkanes) is 1. The summed E-state index contributed by atoms with van der Waals surface area (Å²) in [6, 6.07) is 5.69. The molecule has 1 aromatic rings. The van der Waals surface area contributed by atoms with Crippen LogP contribution in [0.5, 0.6) is 5.75 Å². The minimum Gasteiger partial charge on any atom is -0.495 e. The predicted octanol–water partition coefficient (Wildman–Crippen LogP) is 2.07. The summed E-state index contributed by atoms with van der Waals surface area (Å²) >= 11 is 0. The second kappa shape index (κ2) is 6.56. The molecule has 0 amide bonds. The third kappa shape index (κ3) is 4.25. The highest BCUT2D eigenvalue weighted by atomic mass is 31.1. The largest absolute Gasteiger partial charge is 0.495 e. The van der Waals surface area contributed by atoms with E-state index in [4.69, 9.17) is 15.4 Å². The molecule has 0 saturated carbocycles. The zero-order chi connectivity index (χ0) is 12.0. The number of methoxy groups -OCH3 is 1. The van der Waals surface area contributed by atoms with E-state index in [0.717, 1.165) is 24.8 Å². The topological polar surface area (TPSA) is 72.5 Å². The first-order chi connectivity index (χ1) is 7.63. The number of nitrogens with two attached hydrogens (primary N) is 1. The summed E-state index contributed by atoms with van der Waals surface area (Å²) in [6.07, 6.45) is 2.98. The van der Waals surface area contributed by atoms with Crippen LogP contribution in [0, 0.1) is 0 Å². The summed E-state index contributed by atoms with van der Waals surface area (Å²) in [5.74, 6) is 0.688. The van der Waals surface area contributed by atoms with Crippen LogP contribution in [-0.2, 0) is 11.0 Å². The Hall–Kier alpha value is -0.990. The minimum atomic E-state index is -2.30. The van der Waals surface area contributed by atoms with E-state index in [9.17, 15) is 4.57 Å². The van der Waals surface area contributed by atoms with Crippen LogP contribution in [0.1, 0.15) is 18.4 Å². The molecule has 0 aromatic heterocycles. The maximum absolute atomic E-state index is 10.5. The van der Waals surface area contributed by atoms with Crippen LogP contribution in [0.3, 0.4) is 0 Å². The number of aryl methyl sites for hydroxylation is 1. The lowest BCUT2D eigenvalue weighted by molar-refractivity contribution is 0.416. The molecule has 0 aliphatic rings. The monoisotopic (exact) mass is 243 g/mol. The van der Waals surface area contributed by atoms with Crippen molar-refractivity contribution in [1.29, 1.82) is 0 Å². The number of ether oxygens (including phenoxy) is 1. The summed E-state index contributed by atoms with van der Waals surface area (Å²) in [5.41, 5.74) is 7.47. The third-order valence-electron chi connectivity index (χ3n) is 2.40. The molecule has 3 N–H and O–H groups in total. The maximum atomic E-state index is 10.5. The zero-order valence-electron chi connectivity index (χ0n) is 9.40. The molecule has 1 unspecified atom stereocenters. The van der Waals surface area contributed by atoms with E-state index in [-0.39, 0.29) is 0 Å². The fourth-order valence-electron chi connectivity index (χ4n) is 1.52. The van der Waals surface area contributed by atoms with Crippen molar-refractivity contribution in [3.05, 3.63) is 23.8 Å². The van der Waals surface area contributed by atoms with Gasteiger partial charge in [-0.2, -0.15) is 0 Å². The second-order valence-electron chi connectivity index (χ2n) is 3.68. The molecule has 90 valence electrons. The number of hydrogen-bond donors (Lipinski definition) is 2. The van der Waals surface area contributed by atoms with Crippen molar-refractivity contribution in [3.8, 4) is 5.75 Å². The van der Waals surface area contributed by atoms with Crippen molar-refractivity contribution in [2.75, 3.05) is 19.0 Å². The van der Waals surface area contributed by atoms with E-state index < -0.39 is 8.03 Å². The van der Waals surface area contributed by atoms with Crippen LogP contribution in [0.2, 0.25) is 0 Å². The van der Waals surface area contributed by atoms with Crippen molar-refractivity contribution in [2.24, 2.45) is 0 Å². The highest BCUT2D eigenvalue weighted by molar-refractivity contribution is 7.37. The first-order valence-corrected chi connectivity index (χ1v) is 6.84. The van der Waals surface area contributed by atoms with E-state index >= 15 is 0 Å². The highest BCUT2D eigenvalue weighted by Crippen LogP contribution is 2.23. The van der Waals surface area contributed by atoms with Crippen LogP contribution < -0.4 is 10.5 Å². The summed E-state index contributed by atoms with van der Waals surface area (Å²) < 4.78 is 15.6. The maximum Gasteiger partial charge on any atom is 0.189 e. The van der Waals surface area contributed by atoms with Gasteiger partial charge in [0.05, 0.1) is 12.8 Å². The average Bonchev–Trinajstić information content (AvgIpc) is 2.26. The fourth-order valence-corrected chi connectivity index (χ4v) is 2.07. The van der Waals surface area contributed by atoms with Gasteiger partial charge in [-0.25, -0.2) is 0 Å². The van der Waals surface area contributed by atoms with Crippen molar-refractivity contribution in [1.82, 2.24) is 0 Å². The second-order valence-corrected chi connectivity index (χ2v) is 4.96. The molecule has 0 spiro atoms. The minimum absolute atomic E-state index is 0.413. The molecule has 0 fully saturated rings. The van der Waals surface area contributed by atoms with Crippen molar-refractivity contribution in [2.45, 2.75) is 19.3 Å². The van der Waals surface area contributed by atoms with E-state index in [0.29, 0.717) is 17.6 Å². The first-order valence-electron chi connectivity index (χ1n) is 5.27. The standard InChI is InChI=1S/C11H18NO3P/c1-15-11-8-9(5-6-10(11)12)4-2-3-7-16(13)14/h5-6,8,16H,2-4,7,12H2,1H3,(H,13,14). The van der Waals surface area contributed by atoms with E-state index in [1.54, 1.807) is 7.11 Å². The molecule has 16 heavy (non-hydrogen) atoms. The third-order valence-corrected chi connectivity index (χ3v) is 3.19. The van der Waals surface area contributed by atoms with Gasteiger partial charge in [-0.15, -0.1) is 0 Å². The lowest BCUT2D eigenvalue weighted by atomic mass is 10.1. The molecule has 4 nitrogen and oxygen atoms in total. The Labute approximate surface area is 96.3 Å². The molecule has 5 heteroatoms. The molecule has 1 aromatic carbocycles. The van der Waals surface area contributed by atoms with Gasteiger partial charge in [0, 0.05) is 6.16 Å². The van der Waals surface area contributed by atoms with Crippen LogP contribution in [0.4, 0.5) is 5.69 Å². The van der Waals surface area contributed by atoms with Crippen LogP contribution in [0.15, 0.2) is 18.2 Å². The number of hydrogen-bond acceptors (Lipinski definition) is 3. The Morgan fingerprint density at radius 3 is 2.81 bits per heavy atom. The zero-order valence-corrected chi connectivity index (χ0v) is 10.4. The molecular formula is C11H18NO3P. The van der Waals surface area contributed by atoms with Gasteiger partial charge in [0.15, 0.2) is 8.03 Å². The smallest absolute Gasteiger partial charge is 0.189 e. The van der Waals surface area contributed by atoms with Gasteiger partial charge < -0.3 is 15.4 Å². The fraction of sp³-hybridized carbons (Fsp3) is 0.455. The summed E-state index contributed by atoms with van der Waals surface area (Å²) in [7, 11) is -0.712. The quantitative estimate of drug-likeness (QED) is 0.455. The molecule has 1 rings (SSSR count). The lowest BCUT2D eigenvalue weighted by Gasteiger charge is -2.07. The molecule has 0 aliphatic carbocycles. The van der Waals surface area contributed by atoms with Crippen LogP contribution in [-0.4, -0.2) is 18.2 Å². The average molecular weight is 243 g/mol. The SMILES string of the molecule is COc1cc(CCCC[PH](=O)O)ccc1N. The van der Waals surface area contributed by atoms with Crippen molar-refractivity contribution >= 4 is 13.7 Å². The molecule has 0 saturated heterocycles. The van der Waals surface area contributed by atoms with Crippen molar-refractivity contribution < 1.29 is 14.2 Å². The molecule has 0 aliphatic heterocycles. The predicted molar refractivity (Wildman–Crippen MR) is 66.4 cm³/mol. The Bertz CT molecular complexity index is 368. The normalized spacial score (nSPS) is 12.4. The Balaban J connectivity index is 2.45. The number of rotatable bonds is 6. The molecular weight excluding hydrogens is 225 g/mol. The van der Waals surface area contributed by atoms with Gasteiger partial charge in [0.2, 0.25) is 0 Å². The Morgan fingerprint density at radius 2 is 2.19 bits per heavy atom. The van der Waals surface area contributed by atoms with Gasteiger partial charge in [0.25, 0.3) is 0 Å². The molecule has 0 bridgehead atoms. The lowest BCUT2D eigenvalue weighted by Crippen LogP contribution is -1.94. The van der Waals surface area contributed by atoms with Gasteiger partial charge in [-0.3, -0.25) is 4.57 Å². The molecule has 1 atom stereocenters. The summed E-state index contributed by atoms with van der Waals surface area (Å²) in [6.45, 7) is 0. The van der Waals surface area contributed by atoms with Gasteiger partial charge in [-0.05, 0) is 37.0 Å². The number of benzene rings is 1. The van der Waals surface area contributed by atoms with E-state index in [1.807, 2.05) is 18.2 Å². The van der Waals surface area contributed by atoms with Crippen LogP contribution >= 0.6 is 8.03 Å². The summed E-state index contributed by atoms with van der Waals surface area (Å²) in [4.78, 5) is 8.68. The molecule has 0 radical (unpaired) electrons. The Kier molecular flexibility index (Phi) is 5.36. The number of anilines is 1. The number of nitrogen functional groups attached to an aromatic ring is 1. The Morgan fingerprint density at radius 1 is 1.44 bits per heavy atom. The first kappa shape index (κ1) is 13.1. The van der Waals surface area contributed by atoms with E-state index in [2.05, 4.69) is 0 Å². The van der Waals surface area contributed by atoms with Crippen molar-refractivity contribution in [3.63, 3.8) is 0 Å². The van der Waals surface area contributed by atoms with Crippen LogP contribution in [0.25, 0.3) is 0 Å². The van der Waals surface area contributed by atoms with Gasteiger partial charge >= 0.3 is 0 Å². The van der Waals surface area contributed by atoms with Gasteiger partial charge in [-0.1, -0.05) is 6.07 Å². The van der Waals surface area contributed by atoms with Gasteiger partial charge in [0.1, 0.15) is 5.75 Å². The summed E-state index contributed by atoms with van der Waals surface area (Å²) in [5, 5.41) is 0. The van der Waals surface area contributed by atoms with E-state index in [1.165, 1.54) is 0 Å². The molecule has 0 heterocycles.